The van der Waals surface area contributed by atoms with Gasteiger partial charge >= 0.3 is 5.97 Å². The lowest BCUT2D eigenvalue weighted by Crippen LogP contribution is -2.44. The first kappa shape index (κ1) is 17.7. The largest absolute Gasteiger partial charge is 0.480 e. The maximum absolute atomic E-state index is 12.8. The number of rotatable bonds is 3. The van der Waals surface area contributed by atoms with Crippen LogP contribution < -0.4 is 0 Å². The zero-order valence-corrected chi connectivity index (χ0v) is 15.3. The maximum Gasteiger partial charge on any atom is 0.320 e. The van der Waals surface area contributed by atoms with E-state index in [4.69, 9.17) is 0 Å². The van der Waals surface area contributed by atoms with E-state index < -0.39 is 12.0 Å². The number of nitrogens with one attached hydrogen (secondary N) is 1. The molecule has 2 aromatic heterocycles. The zero-order valence-electron chi connectivity index (χ0n) is 15.3. The first-order valence-corrected chi connectivity index (χ1v) is 9.16. The average molecular weight is 369 g/mol. The molecule has 8 heteroatoms. The third-order valence-electron chi connectivity index (χ3n) is 5.92. The molecule has 2 aliphatic heterocycles. The van der Waals surface area contributed by atoms with Crippen molar-refractivity contribution in [2.45, 2.75) is 25.3 Å². The molecule has 142 valence electrons. The highest BCUT2D eigenvalue weighted by Crippen LogP contribution is 2.43. The third kappa shape index (κ3) is 3.32. The molecule has 2 N–H and O–H groups in total. The Bertz CT molecular complexity index is 842. The fraction of sp³-hybridized carbons (Fsp3) is 0.474. The maximum atomic E-state index is 12.8. The highest BCUT2D eigenvalue weighted by atomic mass is 16.4. The summed E-state index contributed by atoms with van der Waals surface area (Å²) in [4.78, 5) is 32.0. The van der Waals surface area contributed by atoms with Crippen molar-refractivity contribution in [1.82, 2.24) is 25.0 Å². The Morgan fingerprint density at radius 3 is 2.59 bits per heavy atom. The molecule has 27 heavy (non-hydrogen) atoms. The summed E-state index contributed by atoms with van der Waals surface area (Å²) in [5, 5.41) is 16.4. The number of carbonyl (C=O) groups excluding carboxylic acids is 1. The number of carbonyl (C=O) groups is 2. The molecule has 0 aliphatic carbocycles. The van der Waals surface area contributed by atoms with Crippen LogP contribution in [0.15, 0.2) is 30.6 Å². The number of H-pyrrole nitrogens is 1. The predicted octanol–water partition coefficient (Wildman–Crippen LogP) is 1.48. The molecule has 8 nitrogen and oxygen atoms in total. The van der Waals surface area contributed by atoms with Gasteiger partial charge in [0.1, 0.15) is 11.7 Å². The molecule has 0 aromatic carbocycles. The normalized spacial score (nSPS) is 22.3. The molecule has 1 unspecified atom stereocenters. The molecular weight excluding hydrogens is 346 g/mol. The molecule has 0 radical (unpaired) electrons. The molecule has 0 bridgehead atoms. The molecule has 1 amide bonds. The van der Waals surface area contributed by atoms with E-state index in [2.05, 4.69) is 15.2 Å². The Labute approximate surface area is 157 Å². The van der Waals surface area contributed by atoms with Crippen LogP contribution in [0.2, 0.25) is 0 Å². The van der Waals surface area contributed by atoms with Crippen LogP contribution in [0.25, 0.3) is 11.3 Å². The van der Waals surface area contributed by atoms with Crippen molar-refractivity contribution in [3.05, 3.63) is 36.3 Å². The van der Waals surface area contributed by atoms with Gasteiger partial charge in [-0.05, 0) is 49.9 Å². The van der Waals surface area contributed by atoms with Gasteiger partial charge in [0, 0.05) is 37.6 Å². The predicted molar refractivity (Wildman–Crippen MR) is 98.1 cm³/mol. The summed E-state index contributed by atoms with van der Waals surface area (Å²) >= 11 is 0. The zero-order chi connectivity index (χ0) is 19.0. The van der Waals surface area contributed by atoms with Crippen molar-refractivity contribution in [3.8, 4) is 11.3 Å². The second-order valence-corrected chi connectivity index (χ2v) is 7.67. The molecular formula is C19H23N5O3. The summed E-state index contributed by atoms with van der Waals surface area (Å²) < 4.78 is 0. The summed E-state index contributed by atoms with van der Waals surface area (Å²) in [5.74, 6) is -0.812. The number of aromatic nitrogens is 3. The van der Waals surface area contributed by atoms with Gasteiger partial charge < -0.3 is 10.0 Å². The topological polar surface area (TPSA) is 102 Å². The van der Waals surface area contributed by atoms with Gasteiger partial charge in [-0.1, -0.05) is 0 Å². The van der Waals surface area contributed by atoms with Crippen molar-refractivity contribution in [2.24, 2.45) is 5.41 Å². The van der Waals surface area contributed by atoms with Crippen LogP contribution in [0.5, 0.6) is 0 Å². The smallest absolute Gasteiger partial charge is 0.320 e. The second-order valence-electron chi connectivity index (χ2n) is 7.67. The third-order valence-corrected chi connectivity index (χ3v) is 5.92. The van der Waals surface area contributed by atoms with E-state index in [0.717, 1.165) is 30.6 Å². The van der Waals surface area contributed by atoms with Gasteiger partial charge in [-0.2, -0.15) is 5.10 Å². The molecule has 2 aliphatic rings. The summed E-state index contributed by atoms with van der Waals surface area (Å²) in [6.07, 6.45) is 5.71. The second kappa shape index (κ2) is 6.77. The molecule has 1 spiro atoms. The van der Waals surface area contributed by atoms with E-state index in [1.54, 1.807) is 18.5 Å². The Morgan fingerprint density at radius 1 is 1.26 bits per heavy atom. The van der Waals surface area contributed by atoms with Crippen LogP contribution in [-0.4, -0.2) is 74.7 Å². The number of hydrogen-bond acceptors (Lipinski definition) is 5. The quantitative estimate of drug-likeness (QED) is 0.850. The minimum Gasteiger partial charge on any atom is -0.480 e. The van der Waals surface area contributed by atoms with Crippen LogP contribution in [0.1, 0.15) is 29.8 Å². The molecule has 4 rings (SSSR count). The van der Waals surface area contributed by atoms with Crippen molar-refractivity contribution < 1.29 is 14.7 Å². The molecule has 0 saturated carbocycles. The van der Waals surface area contributed by atoms with Crippen molar-refractivity contribution in [2.75, 3.05) is 26.7 Å². The van der Waals surface area contributed by atoms with Gasteiger partial charge in [0.15, 0.2) is 0 Å². The lowest BCUT2D eigenvalue weighted by Gasteiger charge is -2.39. The first-order chi connectivity index (χ1) is 13.0. The molecule has 4 heterocycles. The van der Waals surface area contributed by atoms with Crippen molar-refractivity contribution in [1.29, 1.82) is 0 Å². The molecule has 2 fully saturated rings. The van der Waals surface area contributed by atoms with E-state index in [-0.39, 0.29) is 11.3 Å². The number of likely N-dealkylation sites (tertiary alicyclic amines) is 2. The van der Waals surface area contributed by atoms with E-state index in [1.807, 2.05) is 29.0 Å². The van der Waals surface area contributed by atoms with Gasteiger partial charge in [-0.15, -0.1) is 0 Å². The molecule has 1 atom stereocenters. The van der Waals surface area contributed by atoms with Crippen LogP contribution in [0.3, 0.4) is 0 Å². The lowest BCUT2D eigenvalue weighted by molar-refractivity contribution is -0.141. The average Bonchev–Trinajstić information content (AvgIpc) is 3.28. The van der Waals surface area contributed by atoms with E-state index in [1.165, 1.54) is 0 Å². The highest BCUT2D eigenvalue weighted by Gasteiger charge is 2.47. The molecule has 2 aromatic rings. The fourth-order valence-corrected chi connectivity index (χ4v) is 4.36. The van der Waals surface area contributed by atoms with Crippen LogP contribution >= 0.6 is 0 Å². The van der Waals surface area contributed by atoms with E-state index in [0.29, 0.717) is 25.2 Å². The Morgan fingerprint density at radius 2 is 1.96 bits per heavy atom. The number of piperidine rings is 1. The number of hydrogen-bond donors (Lipinski definition) is 2. The number of likely N-dealkylation sites (N-methyl/N-ethyl adjacent to an activating group) is 1. The summed E-state index contributed by atoms with van der Waals surface area (Å²) in [5.41, 5.74) is 2.11. The number of aromatic amines is 1. The SMILES string of the molecule is CN1CC2(CCN(C(=O)c3cc(-c4ccncc4)n[nH]3)CC2)CC1C(=O)O. The number of amides is 1. The van der Waals surface area contributed by atoms with E-state index in [9.17, 15) is 14.7 Å². The van der Waals surface area contributed by atoms with Crippen LogP contribution in [0, 0.1) is 5.41 Å². The van der Waals surface area contributed by atoms with Crippen molar-refractivity contribution >= 4 is 11.9 Å². The number of pyridine rings is 1. The van der Waals surface area contributed by atoms with Gasteiger partial charge in [0.25, 0.3) is 5.91 Å². The standard InChI is InChI=1S/C19H23N5O3/c1-23-12-19(11-16(23)18(26)27)4-8-24(9-5-19)17(25)15-10-14(21-22-15)13-2-6-20-7-3-13/h2-3,6-7,10,16H,4-5,8-9,11-12H2,1H3,(H,21,22)(H,26,27). The Balaban J connectivity index is 1.41. The summed E-state index contributed by atoms with van der Waals surface area (Å²) in [6, 6.07) is 5.06. The van der Waals surface area contributed by atoms with Crippen molar-refractivity contribution in [3.63, 3.8) is 0 Å². The number of aliphatic carboxylic acids is 1. The minimum atomic E-state index is -0.756. The molecule has 2 saturated heterocycles. The fourth-order valence-electron chi connectivity index (χ4n) is 4.36. The van der Waals surface area contributed by atoms with E-state index >= 15 is 0 Å². The van der Waals surface area contributed by atoms with Gasteiger partial charge in [0.05, 0.1) is 5.69 Å². The Hall–Kier alpha value is -2.74. The number of carboxylic acids is 1. The number of nitrogens with zero attached hydrogens (tertiary/aromatic N) is 4. The minimum absolute atomic E-state index is 0.00473. The summed E-state index contributed by atoms with van der Waals surface area (Å²) in [7, 11) is 1.87. The van der Waals surface area contributed by atoms with Gasteiger partial charge in [0.2, 0.25) is 0 Å². The number of carboxylic acid groups (broad SMARTS) is 1. The van der Waals surface area contributed by atoms with Gasteiger partial charge in [-0.3, -0.25) is 24.6 Å². The Kier molecular flexibility index (Phi) is 4.43. The van der Waals surface area contributed by atoms with Crippen LogP contribution in [-0.2, 0) is 4.79 Å². The monoisotopic (exact) mass is 369 g/mol. The van der Waals surface area contributed by atoms with Gasteiger partial charge in [-0.25, -0.2) is 0 Å². The first-order valence-electron chi connectivity index (χ1n) is 9.16. The highest BCUT2D eigenvalue weighted by molar-refractivity contribution is 5.93. The summed E-state index contributed by atoms with van der Waals surface area (Å²) in [6.45, 7) is 2.06. The van der Waals surface area contributed by atoms with Crippen LogP contribution in [0.4, 0.5) is 0 Å². The lowest BCUT2D eigenvalue weighted by atomic mass is 9.76.